The molecule has 0 aromatic heterocycles. The summed E-state index contributed by atoms with van der Waals surface area (Å²) >= 11 is 7.70. The third-order valence-corrected chi connectivity index (χ3v) is 4.18. The van der Waals surface area contributed by atoms with Crippen molar-refractivity contribution in [1.29, 1.82) is 0 Å². The minimum Gasteiger partial charge on any atom is -0.349 e. The van der Waals surface area contributed by atoms with E-state index in [4.69, 9.17) is 0 Å². The zero-order chi connectivity index (χ0) is 13.7. The lowest BCUT2D eigenvalue weighted by molar-refractivity contribution is 0.0922. The van der Waals surface area contributed by atoms with Gasteiger partial charge in [-0.05, 0) is 31.0 Å². The van der Waals surface area contributed by atoms with Crippen molar-refractivity contribution in [2.75, 3.05) is 0 Å². The standard InChI is InChI=1S/C14H20BrNOS/c1-4-10(5-2)9(3)16-14(17)12-7-6-11(15)8-13(12)18/h6-10,18H,4-5H2,1-3H3,(H,16,17). The van der Waals surface area contributed by atoms with E-state index in [0.717, 1.165) is 17.3 Å². The number of rotatable bonds is 5. The SMILES string of the molecule is CCC(CC)C(C)NC(=O)c1ccc(Br)cc1S. The van der Waals surface area contributed by atoms with Crippen LogP contribution >= 0.6 is 28.6 Å². The molecule has 1 atom stereocenters. The Bertz CT molecular complexity index is 418. The minimum atomic E-state index is -0.0492. The lowest BCUT2D eigenvalue weighted by Crippen LogP contribution is -2.37. The molecule has 18 heavy (non-hydrogen) atoms. The van der Waals surface area contributed by atoms with Crippen LogP contribution in [0.5, 0.6) is 0 Å². The number of carbonyl (C=O) groups excluding carboxylic acids is 1. The second-order valence-electron chi connectivity index (χ2n) is 4.50. The van der Waals surface area contributed by atoms with Crippen molar-refractivity contribution < 1.29 is 4.79 Å². The summed E-state index contributed by atoms with van der Waals surface area (Å²) in [4.78, 5) is 12.8. The molecule has 0 saturated carbocycles. The Labute approximate surface area is 123 Å². The molecule has 0 saturated heterocycles. The third kappa shape index (κ3) is 4.02. The van der Waals surface area contributed by atoms with E-state index in [1.54, 1.807) is 6.07 Å². The van der Waals surface area contributed by atoms with Gasteiger partial charge in [-0.1, -0.05) is 42.6 Å². The fourth-order valence-electron chi connectivity index (χ4n) is 2.09. The van der Waals surface area contributed by atoms with Gasteiger partial charge >= 0.3 is 0 Å². The molecule has 0 heterocycles. The van der Waals surface area contributed by atoms with Crippen LogP contribution in [-0.2, 0) is 0 Å². The largest absolute Gasteiger partial charge is 0.349 e. The third-order valence-electron chi connectivity index (χ3n) is 3.32. The molecule has 1 N–H and O–H groups in total. The molecule has 4 heteroatoms. The summed E-state index contributed by atoms with van der Waals surface area (Å²) < 4.78 is 0.928. The second kappa shape index (κ2) is 7.19. The van der Waals surface area contributed by atoms with Crippen LogP contribution in [0, 0.1) is 5.92 Å². The fraction of sp³-hybridized carbons (Fsp3) is 0.500. The van der Waals surface area contributed by atoms with Crippen LogP contribution in [0.4, 0.5) is 0 Å². The number of hydrogen-bond acceptors (Lipinski definition) is 2. The van der Waals surface area contributed by atoms with Crippen LogP contribution in [0.3, 0.4) is 0 Å². The molecule has 1 rings (SSSR count). The Morgan fingerprint density at radius 3 is 2.50 bits per heavy atom. The molecular formula is C14H20BrNOS. The summed E-state index contributed by atoms with van der Waals surface area (Å²) in [5.41, 5.74) is 0.624. The first-order chi connectivity index (χ1) is 8.49. The molecular weight excluding hydrogens is 310 g/mol. The number of nitrogens with one attached hydrogen (secondary N) is 1. The van der Waals surface area contributed by atoms with E-state index in [1.165, 1.54) is 0 Å². The quantitative estimate of drug-likeness (QED) is 0.775. The van der Waals surface area contributed by atoms with Gasteiger partial charge in [-0.25, -0.2) is 0 Å². The van der Waals surface area contributed by atoms with E-state index < -0.39 is 0 Å². The van der Waals surface area contributed by atoms with Crippen molar-refractivity contribution >= 4 is 34.5 Å². The zero-order valence-electron chi connectivity index (χ0n) is 11.0. The highest BCUT2D eigenvalue weighted by molar-refractivity contribution is 9.10. The van der Waals surface area contributed by atoms with Gasteiger partial charge in [-0.3, -0.25) is 4.79 Å². The van der Waals surface area contributed by atoms with Crippen LogP contribution in [-0.4, -0.2) is 11.9 Å². The Balaban J connectivity index is 2.76. The highest BCUT2D eigenvalue weighted by atomic mass is 79.9. The molecule has 0 aliphatic carbocycles. The van der Waals surface area contributed by atoms with Crippen LogP contribution < -0.4 is 5.32 Å². The van der Waals surface area contributed by atoms with Crippen LogP contribution in [0.25, 0.3) is 0 Å². The molecule has 0 radical (unpaired) electrons. The Morgan fingerprint density at radius 2 is 2.00 bits per heavy atom. The molecule has 100 valence electrons. The van der Waals surface area contributed by atoms with Crippen molar-refractivity contribution in [3.05, 3.63) is 28.2 Å². The molecule has 1 unspecified atom stereocenters. The van der Waals surface area contributed by atoms with Crippen LogP contribution in [0.1, 0.15) is 44.0 Å². The van der Waals surface area contributed by atoms with E-state index in [-0.39, 0.29) is 11.9 Å². The molecule has 1 aromatic carbocycles. The maximum atomic E-state index is 12.1. The molecule has 1 amide bonds. The molecule has 1 aromatic rings. The predicted octanol–water partition coefficient (Wildman–Crippen LogP) is 4.29. The summed E-state index contributed by atoms with van der Waals surface area (Å²) in [7, 11) is 0. The minimum absolute atomic E-state index is 0.0492. The summed E-state index contributed by atoms with van der Waals surface area (Å²) in [5, 5.41) is 3.06. The molecule has 0 spiro atoms. The van der Waals surface area contributed by atoms with Gasteiger partial charge < -0.3 is 5.32 Å². The van der Waals surface area contributed by atoms with Gasteiger partial charge in [0.2, 0.25) is 0 Å². The van der Waals surface area contributed by atoms with Gasteiger partial charge in [0.25, 0.3) is 5.91 Å². The molecule has 0 bridgehead atoms. The summed E-state index contributed by atoms with van der Waals surface area (Å²) in [6.07, 6.45) is 2.15. The first-order valence-corrected chi connectivity index (χ1v) is 7.53. The summed E-state index contributed by atoms with van der Waals surface area (Å²) in [6, 6.07) is 5.67. The molecule has 2 nitrogen and oxygen atoms in total. The number of hydrogen-bond donors (Lipinski definition) is 2. The second-order valence-corrected chi connectivity index (χ2v) is 5.90. The summed E-state index contributed by atoms with van der Waals surface area (Å²) in [6.45, 7) is 6.37. The first kappa shape index (κ1) is 15.6. The Morgan fingerprint density at radius 1 is 1.39 bits per heavy atom. The number of thiol groups is 1. The lowest BCUT2D eigenvalue weighted by atomic mass is 9.95. The Hall–Kier alpha value is -0.480. The predicted molar refractivity (Wildman–Crippen MR) is 82.4 cm³/mol. The van der Waals surface area contributed by atoms with Gasteiger partial charge in [-0.15, -0.1) is 12.6 Å². The van der Waals surface area contributed by atoms with Crippen LogP contribution in [0.15, 0.2) is 27.6 Å². The average Bonchev–Trinajstić information content (AvgIpc) is 2.30. The van der Waals surface area contributed by atoms with E-state index in [1.807, 2.05) is 12.1 Å². The maximum Gasteiger partial charge on any atom is 0.252 e. The number of halogens is 1. The fourth-order valence-corrected chi connectivity index (χ4v) is 2.95. The van der Waals surface area contributed by atoms with Gasteiger partial charge in [0.15, 0.2) is 0 Å². The summed E-state index contributed by atoms with van der Waals surface area (Å²) in [5.74, 6) is 0.472. The van der Waals surface area contributed by atoms with Gasteiger partial charge in [-0.2, -0.15) is 0 Å². The molecule has 0 aliphatic heterocycles. The van der Waals surface area contributed by atoms with Crippen molar-refractivity contribution in [2.45, 2.75) is 44.6 Å². The van der Waals surface area contributed by atoms with E-state index in [2.05, 4.69) is 54.6 Å². The first-order valence-electron chi connectivity index (χ1n) is 6.28. The lowest BCUT2D eigenvalue weighted by Gasteiger charge is -2.22. The highest BCUT2D eigenvalue weighted by Gasteiger charge is 2.17. The van der Waals surface area contributed by atoms with Crippen molar-refractivity contribution in [3.63, 3.8) is 0 Å². The topological polar surface area (TPSA) is 29.1 Å². The smallest absolute Gasteiger partial charge is 0.252 e. The van der Waals surface area contributed by atoms with Crippen molar-refractivity contribution in [2.24, 2.45) is 5.92 Å². The van der Waals surface area contributed by atoms with Gasteiger partial charge in [0.05, 0.1) is 5.56 Å². The van der Waals surface area contributed by atoms with Gasteiger partial charge in [0, 0.05) is 15.4 Å². The Kier molecular flexibility index (Phi) is 6.22. The molecule has 0 fully saturated rings. The van der Waals surface area contributed by atoms with E-state index in [0.29, 0.717) is 16.4 Å². The maximum absolute atomic E-state index is 12.1. The number of benzene rings is 1. The normalized spacial score (nSPS) is 12.6. The van der Waals surface area contributed by atoms with Crippen molar-refractivity contribution in [1.82, 2.24) is 5.32 Å². The average molecular weight is 330 g/mol. The van der Waals surface area contributed by atoms with Crippen LogP contribution in [0.2, 0.25) is 0 Å². The monoisotopic (exact) mass is 329 g/mol. The van der Waals surface area contributed by atoms with E-state index >= 15 is 0 Å². The van der Waals surface area contributed by atoms with Gasteiger partial charge in [0.1, 0.15) is 0 Å². The van der Waals surface area contributed by atoms with Crippen molar-refractivity contribution in [3.8, 4) is 0 Å². The number of carbonyl (C=O) groups is 1. The highest BCUT2D eigenvalue weighted by Crippen LogP contribution is 2.20. The number of amides is 1. The molecule has 0 aliphatic rings. The van der Waals surface area contributed by atoms with E-state index in [9.17, 15) is 4.79 Å². The zero-order valence-corrected chi connectivity index (χ0v) is 13.5.